The van der Waals surface area contributed by atoms with E-state index < -0.39 is 10.0 Å². The summed E-state index contributed by atoms with van der Waals surface area (Å²) in [5.41, 5.74) is 5.71. The number of nitrogens with zero attached hydrogens (tertiary/aromatic N) is 1. The van der Waals surface area contributed by atoms with Gasteiger partial charge in [0.2, 0.25) is 5.09 Å². The fraction of sp³-hybridized carbons (Fsp3) is 0.100. The number of nitrogens with one attached hydrogen (secondary N) is 1. The molecule has 90 valence electrons. The van der Waals surface area contributed by atoms with Crippen LogP contribution >= 0.6 is 0 Å². The molecule has 0 saturated heterocycles. The molecule has 0 saturated carbocycles. The standard InChI is InChI=1S/C10H11N3O3S/c11-6-9-3-4-10(16-9)17(14,15)13-8-2-1-5-12-7-8/h1-5,7,13H,6,11H2. The van der Waals surface area contributed by atoms with Gasteiger partial charge in [0.05, 0.1) is 18.4 Å². The van der Waals surface area contributed by atoms with Crippen LogP contribution in [0.5, 0.6) is 0 Å². The largest absolute Gasteiger partial charge is 0.446 e. The van der Waals surface area contributed by atoms with E-state index in [1.807, 2.05) is 0 Å². The molecule has 17 heavy (non-hydrogen) atoms. The molecule has 0 amide bonds. The van der Waals surface area contributed by atoms with E-state index in [-0.39, 0.29) is 11.6 Å². The van der Waals surface area contributed by atoms with Crippen LogP contribution in [0.1, 0.15) is 5.76 Å². The third-order valence-electron chi connectivity index (χ3n) is 2.02. The number of sulfonamides is 1. The Morgan fingerprint density at radius 3 is 2.76 bits per heavy atom. The highest BCUT2D eigenvalue weighted by molar-refractivity contribution is 7.92. The van der Waals surface area contributed by atoms with E-state index in [1.54, 1.807) is 18.3 Å². The first-order valence-electron chi connectivity index (χ1n) is 4.83. The average molecular weight is 253 g/mol. The second kappa shape index (κ2) is 4.56. The molecule has 0 spiro atoms. The maximum Gasteiger partial charge on any atom is 0.295 e. The molecule has 0 aliphatic heterocycles. The second-order valence-electron chi connectivity index (χ2n) is 3.27. The summed E-state index contributed by atoms with van der Waals surface area (Å²) in [5.74, 6) is 0.413. The molecule has 2 rings (SSSR count). The fourth-order valence-corrected chi connectivity index (χ4v) is 2.24. The van der Waals surface area contributed by atoms with Crippen LogP contribution in [0.2, 0.25) is 0 Å². The number of pyridine rings is 1. The molecule has 0 fully saturated rings. The molecule has 0 aliphatic rings. The third kappa shape index (κ3) is 2.63. The lowest BCUT2D eigenvalue weighted by atomic mass is 10.4. The predicted molar refractivity (Wildman–Crippen MR) is 61.6 cm³/mol. The Bertz CT molecular complexity index is 592. The molecule has 2 aromatic rings. The maximum atomic E-state index is 11.9. The van der Waals surface area contributed by atoms with Crippen molar-refractivity contribution in [1.82, 2.24) is 4.98 Å². The van der Waals surface area contributed by atoms with Crippen molar-refractivity contribution in [2.45, 2.75) is 11.6 Å². The van der Waals surface area contributed by atoms with Crippen LogP contribution in [0.3, 0.4) is 0 Å². The monoisotopic (exact) mass is 253 g/mol. The van der Waals surface area contributed by atoms with Gasteiger partial charge in [0.25, 0.3) is 10.0 Å². The van der Waals surface area contributed by atoms with Gasteiger partial charge in [-0.05, 0) is 24.3 Å². The Labute approximate surface area is 98.5 Å². The van der Waals surface area contributed by atoms with Crippen molar-refractivity contribution in [2.75, 3.05) is 4.72 Å². The van der Waals surface area contributed by atoms with E-state index >= 15 is 0 Å². The second-order valence-corrected chi connectivity index (χ2v) is 4.89. The van der Waals surface area contributed by atoms with Crippen LogP contribution in [0.4, 0.5) is 5.69 Å². The normalized spacial score (nSPS) is 11.4. The average Bonchev–Trinajstić information content (AvgIpc) is 2.79. The van der Waals surface area contributed by atoms with Gasteiger partial charge in [-0.3, -0.25) is 9.71 Å². The number of rotatable bonds is 4. The fourth-order valence-electron chi connectivity index (χ4n) is 1.24. The van der Waals surface area contributed by atoms with Gasteiger partial charge >= 0.3 is 0 Å². The van der Waals surface area contributed by atoms with Crippen LogP contribution in [-0.4, -0.2) is 13.4 Å². The molecule has 0 radical (unpaired) electrons. The lowest BCUT2D eigenvalue weighted by molar-refractivity contribution is 0.417. The Kier molecular flexibility index (Phi) is 3.12. The van der Waals surface area contributed by atoms with Gasteiger partial charge in [-0.2, -0.15) is 8.42 Å². The van der Waals surface area contributed by atoms with Gasteiger partial charge in [0.1, 0.15) is 5.76 Å². The summed E-state index contributed by atoms with van der Waals surface area (Å²) in [5, 5.41) is -0.165. The van der Waals surface area contributed by atoms with Crippen molar-refractivity contribution in [3.8, 4) is 0 Å². The summed E-state index contributed by atoms with van der Waals surface area (Å²) in [7, 11) is -3.71. The van der Waals surface area contributed by atoms with E-state index in [1.165, 1.54) is 18.3 Å². The SMILES string of the molecule is NCc1ccc(S(=O)(=O)Nc2cccnc2)o1. The van der Waals surface area contributed by atoms with Crippen molar-refractivity contribution in [1.29, 1.82) is 0 Å². The van der Waals surface area contributed by atoms with Crippen LogP contribution in [0.15, 0.2) is 46.2 Å². The Morgan fingerprint density at radius 2 is 2.18 bits per heavy atom. The zero-order valence-corrected chi connectivity index (χ0v) is 9.65. The van der Waals surface area contributed by atoms with Crippen LogP contribution in [0, 0.1) is 0 Å². The molecule has 0 unspecified atom stereocenters. The summed E-state index contributed by atoms with van der Waals surface area (Å²) in [6.45, 7) is 0.155. The minimum absolute atomic E-state index is 0.155. The van der Waals surface area contributed by atoms with Crippen LogP contribution in [-0.2, 0) is 16.6 Å². The number of anilines is 1. The molecule has 7 heteroatoms. The van der Waals surface area contributed by atoms with Gasteiger partial charge in [-0.15, -0.1) is 0 Å². The van der Waals surface area contributed by atoms with Gasteiger partial charge in [0, 0.05) is 6.20 Å². The third-order valence-corrected chi connectivity index (χ3v) is 3.27. The van der Waals surface area contributed by atoms with E-state index in [9.17, 15) is 8.42 Å². The lowest BCUT2D eigenvalue weighted by Gasteiger charge is -2.04. The number of nitrogens with two attached hydrogens (primary N) is 1. The molecule has 0 bridgehead atoms. The van der Waals surface area contributed by atoms with E-state index in [0.717, 1.165) is 0 Å². The van der Waals surface area contributed by atoms with Gasteiger partial charge in [0.15, 0.2) is 0 Å². The Hall–Kier alpha value is -1.86. The van der Waals surface area contributed by atoms with E-state index in [2.05, 4.69) is 9.71 Å². The lowest BCUT2D eigenvalue weighted by Crippen LogP contribution is -2.12. The van der Waals surface area contributed by atoms with Gasteiger partial charge < -0.3 is 10.2 Å². The predicted octanol–water partition coefficient (Wildman–Crippen LogP) is 0.934. The highest BCUT2D eigenvalue weighted by Gasteiger charge is 2.18. The molecule has 0 aliphatic carbocycles. The molecule has 3 N–H and O–H groups in total. The summed E-state index contributed by atoms with van der Waals surface area (Å²) in [6.07, 6.45) is 2.96. The number of aromatic nitrogens is 1. The number of hydrogen-bond donors (Lipinski definition) is 2. The summed E-state index contributed by atoms with van der Waals surface area (Å²) >= 11 is 0. The Balaban J connectivity index is 2.25. The molecule has 0 aromatic carbocycles. The van der Waals surface area contributed by atoms with Crippen LogP contribution in [0.25, 0.3) is 0 Å². The number of furan rings is 1. The topological polar surface area (TPSA) is 98.2 Å². The van der Waals surface area contributed by atoms with Gasteiger partial charge in [-0.1, -0.05) is 0 Å². The highest BCUT2D eigenvalue weighted by Crippen LogP contribution is 2.17. The summed E-state index contributed by atoms with van der Waals surface area (Å²) < 4.78 is 31.1. The first-order chi connectivity index (χ1) is 8.12. The van der Waals surface area contributed by atoms with Crippen molar-refractivity contribution in [2.24, 2.45) is 5.73 Å². The van der Waals surface area contributed by atoms with E-state index in [4.69, 9.17) is 10.2 Å². The Morgan fingerprint density at radius 1 is 1.35 bits per heavy atom. The summed E-state index contributed by atoms with van der Waals surface area (Å²) in [4.78, 5) is 3.81. The molecular weight excluding hydrogens is 242 g/mol. The first-order valence-corrected chi connectivity index (χ1v) is 6.32. The van der Waals surface area contributed by atoms with Crippen molar-refractivity contribution >= 4 is 15.7 Å². The molecule has 0 atom stereocenters. The zero-order chi connectivity index (χ0) is 12.3. The summed E-state index contributed by atoms with van der Waals surface area (Å²) in [6, 6.07) is 6.11. The minimum atomic E-state index is -3.71. The maximum absolute atomic E-state index is 11.9. The zero-order valence-electron chi connectivity index (χ0n) is 8.83. The van der Waals surface area contributed by atoms with Crippen LogP contribution < -0.4 is 10.5 Å². The van der Waals surface area contributed by atoms with Crippen molar-refractivity contribution < 1.29 is 12.8 Å². The molecule has 2 heterocycles. The van der Waals surface area contributed by atoms with E-state index in [0.29, 0.717) is 11.4 Å². The highest BCUT2D eigenvalue weighted by atomic mass is 32.2. The quantitative estimate of drug-likeness (QED) is 0.844. The smallest absolute Gasteiger partial charge is 0.295 e. The first kappa shape index (κ1) is 11.6. The minimum Gasteiger partial charge on any atom is -0.446 e. The molecule has 6 nitrogen and oxygen atoms in total. The molecule has 2 aromatic heterocycles. The van der Waals surface area contributed by atoms with Crippen molar-refractivity contribution in [3.05, 3.63) is 42.4 Å². The van der Waals surface area contributed by atoms with Crippen molar-refractivity contribution in [3.63, 3.8) is 0 Å². The molecular formula is C10H11N3O3S. The van der Waals surface area contributed by atoms with Gasteiger partial charge in [-0.25, -0.2) is 0 Å². The number of hydrogen-bond acceptors (Lipinski definition) is 5.